The maximum Gasteiger partial charge on any atom is 0.174 e. The van der Waals surface area contributed by atoms with Gasteiger partial charge in [-0.25, -0.2) is 0 Å². The van der Waals surface area contributed by atoms with Gasteiger partial charge in [-0.2, -0.15) is 0 Å². The first kappa shape index (κ1) is 32.2. The van der Waals surface area contributed by atoms with Crippen LogP contribution in [0, 0.1) is 0 Å². The highest BCUT2D eigenvalue weighted by Gasteiger charge is 2.48. The van der Waals surface area contributed by atoms with E-state index < -0.39 is 0 Å². The molecule has 0 spiro atoms. The van der Waals surface area contributed by atoms with Gasteiger partial charge in [-0.05, 0) is 82.3 Å². The van der Waals surface area contributed by atoms with Gasteiger partial charge in [0.15, 0.2) is 18.3 Å². The zero-order valence-corrected chi connectivity index (χ0v) is 25.6. The smallest absolute Gasteiger partial charge is 0.174 e. The Kier molecular flexibility index (Phi) is 13.7. The standard InChI is InChI=1S/C34H44ClNO5/c1-6-17-37-24-31-33(40-19-8-3)34(41-20-9-4)32(39-18-7-2)30(36-31)23-26-13-16-29(35)27(22-26)21-25-11-14-28(15-12-25)38-10-5/h6-9,11-20,22,30-34,36H,10,21,23-24H2,1-5H3/t30-,31+,32-,33+,34+/m0/s1. The number of nitrogens with one attached hydrogen (secondary N) is 1. The van der Waals surface area contributed by atoms with E-state index in [1.54, 1.807) is 25.0 Å². The maximum absolute atomic E-state index is 6.66. The Labute approximate surface area is 250 Å². The van der Waals surface area contributed by atoms with Gasteiger partial charge in [-0.3, -0.25) is 0 Å². The molecule has 2 aromatic rings. The van der Waals surface area contributed by atoms with E-state index in [0.29, 0.717) is 19.6 Å². The number of hydrogen-bond donors (Lipinski definition) is 1. The molecule has 1 heterocycles. The van der Waals surface area contributed by atoms with Crippen molar-refractivity contribution in [3.63, 3.8) is 0 Å². The number of allylic oxidation sites excluding steroid dienone is 4. The Bertz CT molecular complexity index is 1160. The number of ether oxygens (including phenoxy) is 5. The van der Waals surface area contributed by atoms with E-state index in [1.807, 2.05) is 77.1 Å². The summed E-state index contributed by atoms with van der Waals surface area (Å²) in [5.74, 6) is 0.867. The highest BCUT2D eigenvalue weighted by molar-refractivity contribution is 6.31. The van der Waals surface area contributed by atoms with Gasteiger partial charge >= 0.3 is 0 Å². The summed E-state index contributed by atoms with van der Waals surface area (Å²) >= 11 is 6.66. The molecule has 5 atom stereocenters. The molecule has 1 aliphatic rings. The molecule has 0 saturated carbocycles. The van der Waals surface area contributed by atoms with Gasteiger partial charge in [0.2, 0.25) is 0 Å². The third-order valence-electron chi connectivity index (χ3n) is 6.69. The van der Waals surface area contributed by atoms with Gasteiger partial charge in [0.25, 0.3) is 0 Å². The Balaban J connectivity index is 1.91. The first-order valence-electron chi connectivity index (χ1n) is 14.3. The summed E-state index contributed by atoms with van der Waals surface area (Å²) in [7, 11) is 0. The van der Waals surface area contributed by atoms with Crippen LogP contribution in [0.4, 0.5) is 0 Å². The van der Waals surface area contributed by atoms with Crippen molar-refractivity contribution < 1.29 is 23.7 Å². The lowest BCUT2D eigenvalue weighted by Gasteiger charge is -2.45. The molecule has 3 rings (SSSR count). The number of hydrogen-bond acceptors (Lipinski definition) is 6. The Morgan fingerprint density at radius 1 is 0.732 bits per heavy atom. The zero-order chi connectivity index (χ0) is 29.5. The lowest BCUT2D eigenvalue weighted by Crippen LogP contribution is -2.67. The van der Waals surface area contributed by atoms with Crippen molar-refractivity contribution in [3.8, 4) is 5.75 Å². The summed E-state index contributed by atoms with van der Waals surface area (Å²) in [5, 5.41) is 4.50. The Hall–Kier alpha value is -3.35. The van der Waals surface area contributed by atoms with Crippen LogP contribution in [0.15, 0.2) is 91.8 Å². The highest BCUT2D eigenvalue weighted by atomic mass is 35.5. The van der Waals surface area contributed by atoms with Crippen LogP contribution in [0.25, 0.3) is 0 Å². The van der Waals surface area contributed by atoms with Crippen LogP contribution in [-0.4, -0.2) is 43.6 Å². The highest BCUT2D eigenvalue weighted by Crippen LogP contribution is 2.29. The molecule has 41 heavy (non-hydrogen) atoms. The van der Waals surface area contributed by atoms with Crippen molar-refractivity contribution in [2.24, 2.45) is 0 Å². The molecule has 222 valence electrons. The second-order valence-corrected chi connectivity index (χ2v) is 10.2. The SMILES string of the molecule is CC=COC[C@H]1N[C@@H](Cc2ccc(Cl)c(Cc3ccc(OCC)cc3)c2)[C@H](OC=CC)[C@@H](OC=CC)[C@@H]1OC=CC. The first-order valence-corrected chi connectivity index (χ1v) is 14.7. The minimum Gasteiger partial charge on any atom is -0.500 e. The summed E-state index contributed by atoms with van der Waals surface area (Å²) < 4.78 is 30.1. The largest absolute Gasteiger partial charge is 0.500 e. The molecule has 1 fully saturated rings. The Morgan fingerprint density at radius 2 is 1.32 bits per heavy atom. The summed E-state index contributed by atoms with van der Waals surface area (Å²) in [6.45, 7) is 10.7. The van der Waals surface area contributed by atoms with Gasteiger partial charge in [-0.1, -0.05) is 60.2 Å². The first-order chi connectivity index (χ1) is 20.0. The van der Waals surface area contributed by atoms with E-state index in [9.17, 15) is 0 Å². The fourth-order valence-corrected chi connectivity index (χ4v) is 5.11. The molecule has 2 aromatic carbocycles. The number of halogens is 1. The lowest BCUT2D eigenvalue weighted by atomic mass is 9.86. The van der Waals surface area contributed by atoms with Gasteiger partial charge in [-0.15, -0.1) is 0 Å². The van der Waals surface area contributed by atoms with Crippen LogP contribution in [0.5, 0.6) is 5.75 Å². The average Bonchev–Trinajstić information content (AvgIpc) is 2.98. The quantitative estimate of drug-likeness (QED) is 0.220. The van der Waals surface area contributed by atoms with Crippen molar-refractivity contribution in [1.29, 1.82) is 0 Å². The van der Waals surface area contributed by atoms with Crippen LogP contribution in [0.1, 0.15) is 51.3 Å². The molecule has 0 radical (unpaired) electrons. The summed E-state index contributed by atoms with van der Waals surface area (Å²) in [5.41, 5.74) is 3.38. The molecule has 6 nitrogen and oxygen atoms in total. The normalized spacial score (nSPS) is 23.0. The van der Waals surface area contributed by atoms with E-state index in [1.165, 1.54) is 5.56 Å². The van der Waals surface area contributed by atoms with Crippen molar-refractivity contribution in [3.05, 3.63) is 114 Å². The second kappa shape index (κ2) is 17.5. The van der Waals surface area contributed by atoms with Crippen LogP contribution >= 0.6 is 11.6 Å². The topological polar surface area (TPSA) is 58.2 Å². The van der Waals surface area contributed by atoms with Gasteiger partial charge in [0.1, 0.15) is 12.4 Å². The number of rotatable bonds is 15. The third-order valence-corrected chi connectivity index (χ3v) is 7.06. The zero-order valence-electron chi connectivity index (χ0n) is 24.8. The van der Waals surface area contributed by atoms with E-state index in [4.69, 9.17) is 35.3 Å². The predicted molar refractivity (Wildman–Crippen MR) is 166 cm³/mol. The summed E-state index contributed by atoms with van der Waals surface area (Å²) in [6.07, 6.45) is 14.6. The van der Waals surface area contributed by atoms with E-state index in [2.05, 4.69) is 29.6 Å². The molecule has 0 bridgehead atoms. The molecule has 0 aliphatic carbocycles. The van der Waals surface area contributed by atoms with Crippen molar-refractivity contribution in [1.82, 2.24) is 5.32 Å². The molecule has 7 heteroatoms. The molecular formula is C34H44ClNO5. The monoisotopic (exact) mass is 581 g/mol. The maximum atomic E-state index is 6.66. The van der Waals surface area contributed by atoms with Gasteiger partial charge in [0.05, 0.1) is 43.7 Å². The van der Waals surface area contributed by atoms with Gasteiger partial charge < -0.3 is 29.0 Å². The van der Waals surface area contributed by atoms with E-state index in [-0.39, 0.29) is 30.4 Å². The summed E-state index contributed by atoms with van der Waals surface area (Å²) in [6, 6.07) is 14.2. The number of benzene rings is 2. The predicted octanol–water partition coefficient (Wildman–Crippen LogP) is 7.52. The Morgan fingerprint density at radius 3 is 1.93 bits per heavy atom. The van der Waals surface area contributed by atoms with E-state index >= 15 is 0 Å². The van der Waals surface area contributed by atoms with Crippen LogP contribution in [0.2, 0.25) is 5.02 Å². The van der Waals surface area contributed by atoms with Crippen molar-refractivity contribution >= 4 is 11.6 Å². The molecule has 0 aromatic heterocycles. The molecule has 1 N–H and O–H groups in total. The lowest BCUT2D eigenvalue weighted by molar-refractivity contribution is -0.130. The molecular weight excluding hydrogens is 538 g/mol. The van der Waals surface area contributed by atoms with E-state index in [0.717, 1.165) is 28.3 Å². The van der Waals surface area contributed by atoms with Crippen LogP contribution in [-0.2, 0) is 31.8 Å². The van der Waals surface area contributed by atoms with Gasteiger partial charge in [0, 0.05) is 5.02 Å². The average molecular weight is 582 g/mol. The van der Waals surface area contributed by atoms with Crippen LogP contribution < -0.4 is 10.1 Å². The second-order valence-electron chi connectivity index (χ2n) is 9.78. The number of piperidine rings is 1. The van der Waals surface area contributed by atoms with Crippen molar-refractivity contribution in [2.75, 3.05) is 13.2 Å². The fraction of sp³-hybridized carbons (Fsp3) is 0.412. The minimum absolute atomic E-state index is 0.0920. The third kappa shape index (κ3) is 9.61. The fourth-order valence-electron chi connectivity index (χ4n) is 4.92. The van der Waals surface area contributed by atoms with Crippen molar-refractivity contribution in [2.45, 2.75) is 77.9 Å². The molecule has 0 amide bonds. The molecule has 0 unspecified atom stereocenters. The van der Waals surface area contributed by atoms with Crippen LogP contribution in [0.3, 0.4) is 0 Å². The summed E-state index contributed by atoms with van der Waals surface area (Å²) in [4.78, 5) is 0. The minimum atomic E-state index is -0.389. The molecule has 1 saturated heterocycles. The molecule has 1 aliphatic heterocycles.